The zero-order valence-corrected chi connectivity index (χ0v) is 10.0. The molecule has 0 N–H and O–H groups in total. The second kappa shape index (κ2) is 4.63. The highest BCUT2D eigenvalue weighted by Crippen LogP contribution is 2.34. The standard InChI is InChI=1S/C11H16ClNS/c1-8-2-3-10(12)4-9(8)5-11-6-14-7-13-11/h6-10H,2-5H2,1H3. The molecule has 0 radical (unpaired) electrons. The van der Waals surface area contributed by atoms with E-state index in [1.807, 2.05) is 5.51 Å². The summed E-state index contributed by atoms with van der Waals surface area (Å²) in [6.07, 6.45) is 4.76. The van der Waals surface area contributed by atoms with Crippen LogP contribution in [0.5, 0.6) is 0 Å². The zero-order valence-electron chi connectivity index (χ0n) is 8.45. The van der Waals surface area contributed by atoms with Gasteiger partial charge in [-0.05, 0) is 37.5 Å². The van der Waals surface area contributed by atoms with Gasteiger partial charge in [-0.25, -0.2) is 4.98 Å². The van der Waals surface area contributed by atoms with Gasteiger partial charge >= 0.3 is 0 Å². The first-order valence-electron chi connectivity index (χ1n) is 5.27. The van der Waals surface area contributed by atoms with Crippen LogP contribution in [0.4, 0.5) is 0 Å². The maximum atomic E-state index is 6.20. The number of hydrogen-bond donors (Lipinski definition) is 0. The highest BCUT2D eigenvalue weighted by molar-refractivity contribution is 7.07. The van der Waals surface area contributed by atoms with E-state index in [4.69, 9.17) is 11.6 Å². The fourth-order valence-corrected chi connectivity index (χ4v) is 3.18. The lowest BCUT2D eigenvalue weighted by Crippen LogP contribution is -2.25. The summed E-state index contributed by atoms with van der Waals surface area (Å²) < 4.78 is 0. The molecular formula is C11H16ClNS. The lowest BCUT2D eigenvalue weighted by molar-refractivity contribution is 0.257. The summed E-state index contributed by atoms with van der Waals surface area (Å²) in [7, 11) is 0. The maximum absolute atomic E-state index is 6.20. The molecular weight excluding hydrogens is 214 g/mol. The van der Waals surface area contributed by atoms with Crippen LogP contribution in [0, 0.1) is 11.8 Å². The summed E-state index contributed by atoms with van der Waals surface area (Å²) in [5, 5.41) is 2.56. The van der Waals surface area contributed by atoms with Gasteiger partial charge in [0.15, 0.2) is 0 Å². The Kier molecular flexibility index (Phi) is 3.45. The van der Waals surface area contributed by atoms with Crippen molar-refractivity contribution in [1.82, 2.24) is 4.98 Å². The van der Waals surface area contributed by atoms with E-state index >= 15 is 0 Å². The third-order valence-corrected chi connectivity index (χ3v) is 4.28. The second-order valence-electron chi connectivity index (χ2n) is 4.33. The first kappa shape index (κ1) is 10.4. The molecule has 14 heavy (non-hydrogen) atoms. The number of rotatable bonds is 2. The average Bonchev–Trinajstić information content (AvgIpc) is 2.64. The van der Waals surface area contributed by atoms with Crippen LogP contribution in [0.15, 0.2) is 10.9 Å². The molecule has 3 heteroatoms. The van der Waals surface area contributed by atoms with Crippen molar-refractivity contribution in [3.05, 3.63) is 16.6 Å². The number of nitrogens with zero attached hydrogens (tertiary/aromatic N) is 1. The number of halogens is 1. The van der Waals surface area contributed by atoms with E-state index in [0.29, 0.717) is 5.38 Å². The summed E-state index contributed by atoms with van der Waals surface area (Å²) in [4.78, 5) is 4.35. The van der Waals surface area contributed by atoms with Crippen molar-refractivity contribution in [3.8, 4) is 0 Å². The molecule has 1 nitrogen and oxygen atoms in total. The Hall–Kier alpha value is -0.0800. The van der Waals surface area contributed by atoms with Crippen LogP contribution in [0.3, 0.4) is 0 Å². The SMILES string of the molecule is CC1CCC(Cl)CC1Cc1cscn1. The maximum Gasteiger partial charge on any atom is 0.0794 e. The normalized spacial score (nSPS) is 33.1. The van der Waals surface area contributed by atoms with Crippen LogP contribution in [-0.4, -0.2) is 10.4 Å². The molecule has 78 valence electrons. The Bertz CT molecular complexity index is 273. The van der Waals surface area contributed by atoms with Crippen LogP contribution < -0.4 is 0 Å². The molecule has 1 fully saturated rings. The predicted molar refractivity (Wildman–Crippen MR) is 62.0 cm³/mol. The molecule has 0 amide bonds. The first-order chi connectivity index (χ1) is 6.75. The van der Waals surface area contributed by atoms with Crippen LogP contribution in [0.1, 0.15) is 31.9 Å². The van der Waals surface area contributed by atoms with Gasteiger partial charge in [0, 0.05) is 10.8 Å². The van der Waals surface area contributed by atoms with E-state index in [2.05, 4.69) is 17.3 Å². The molecule has 0 spiro atoms. The molecule has 1 saturated carbocycles. The molecule has 1 aliphatic carbocycles. The minimum Gasteiger partial charge on any atom is -0.250 e. The molecule has 0 bridgehead atoms. The minimum absolute atomic E-state index is 0.398. The van der Waals surface area contributed by atoms with E-state index in [9.17, 15) is 0 Å². The third-order valence-electron chi connectivity index (χ3n) is 3.25. The van der Waals surface area contributed by atoms with E-state index in [0.717, 1.165) is 18.3 Å². The van der Waals surface area contributed by atoms with Crippen LogP contribution >= 0.6 is 22.9 Å². The van der Waals surface area contributed by atoms with Crippen molar-refractivity contribution >= 4 is 22.9 Å². The van der Waals surface area contributed by atoms with Crippen molar-refractivity contribution in [1.29, 1.82) is 0 Å². The van der Waals surface area contributed by atoms with E-state index in [1.165, 1.54) is 25.0 Å². The Morgan fingerprint density at radius 2 is 2.43 bits per heavy atom. The van der Waals surface area contributed by atoms with Crippen LogP contribution in [-0.2, 0) is 6.42 Å². The van der Waals surface area contributed by atoms with E-state index < -0.39 is 0 Å². The summed E-state index contributed by atoms with van der Waals surface area (Å²) in [5.41, 5.74) is 3.17. The summed E-state index contributed by atoms with van der Waals surface area (Å²) in [5.74, 6) is 1.56. The monoisotopic (exact) mass is 229 g/mol. The minimum atomic E-state index is 0.398. The van der Waals surface area contributed by atoms with Gasteiger partial charge in [-0.2, -0.15) is 0 Å². The van der Waals surface area contributed by atoms with E-state index in [-0.39, 0.29) is 0 Å². The molecule has 0 aliphatic heterocycles. The Morgan fingerprint density at radius 1 is 1.57 bits per heavy atom. The molecule has 0 saturated heterocycles. The zero-order chi connectivity index (χ0) is 9.97. The summed E-state index contributed by atoms with van der Waals surface area (Å²) in [6.45, 7) is 2.35. The Balaban J connectivity index is 1.95. The van der Waals surface area contributed by atoms with Crippen molar-refractivity contribution in [2.75, 3.05) is 0 Å². The number of hydrogen-bond acceptors (Lipinski definition) is 2. The quantitative estimate of drug-likeness (QED) is 0.705. The van der Waals surface area contributed by atoms with Gasteiger partial charge in [0.1, 0.15) is 0 Å². The Labute approximate surface area is 94.5 Å². The largest absolute Gasteiger partial charge is 0.250 e. The van der Waals surface area contributed by atoms with Crippen molar-refractivity contribution in [2.24, 2.45) is 11.8 Å². The van der Waals surface area contributed by atoms with Crippen molar-refractivity contribution in [2.45, 2.75) is 38.0 Å². The van der Waals surface area contributed by atoms with Gasteiger partial charge in [0.25, 0.3) is 0 Å². The van der Waals surface area contributed by atoms with Gasteiger partial charge in [-0.15, -0.1) is 22.9 Å². The highest BCUT2D eigenvalue weighted by atomic mass is 35.5. The molecule has 1 aromatic heterocycles. The molecule has 0 aromatic carbocycles. The summed E-state index contributed by atoms with van der Waals surface area (Å²) >= 11 is 7.89. The molecule has 3 atom stereocenters. The first-order valence-corrected chi connectivity index (χ1v) is 6.64. The van der Waals surface area contributed by atoms with Gasteiger partial charge in [0.05, 0.1) is 11.2 Å². The smallest absolute Gasteiger partial charge is 0.0794 e. The van der Waals surface area contributed by atoms with Gasteiger partial charge in [-0.3, -0.25) is 0 Å². The van der Waals surface area contributed by atoms with Crippen LogP contribution in [0.2, 0.25) is 0 Å². The molecule has 1 aliphatic rings. The van der Waals surface area contributed by atoms with Crippen molar-refractivity contribution < 1.29 is 0 Å². The fraction of sp³-hybridized carbons (Fsp3) is 0.727. The summed E-state index contributed by atoms with van der Waals surface area (Å²) in [6, 6.07) is 0. The fourth-order valence-electron chi connectivity index (χ4n) is 2.25. The molecule has 3 unspecified atom stereocenters. The van der Waals surface area contributed by atoms with Gasteiger partial charge in [0.2, 0.25) is 0 Å². The Morgan fingerprint density at radius 3 is 3.14 bits per heavy atom. The predicted octanol–water partition coefficient (Wildman–Crippen LogP) is 3.73. The highest BCUT2D eigenvalue weighted by Gasteiger charge is 2.26. The second-order valence-corrected chi connectivity index (χ2v) is 5.67. The lowest BCUT2D eigenvalue weighted by Gasteiger charge is -2.31. The number of thiazole rings is 1. The van der Waals surface area contributed by atoms with E-state index in [1.54, 1.807) is 11.3 Å². The van der Waals surface area contributed by atoms with Crippen molar-refractivity contribution in [3.63, 3.8) is 0 Å². The lowest BCUT2D eigenvalue weighted by atomic mass is 9.78. The molecule has 2 rings (SSSR count). The van der Waals surface area contributed by atoms with Crippen LogP contribution in [0.25, 0.3) is 0 Å². The molecule has 1 heterocycles. The number of aromatic nitrogens is 1. The van der Waals surface area contributed by atoms with Gasteiger partial charge < -0.3 is 0 Å². The number of alkyl halides is 1. The van der Waals surface area contributed by atoms with Gasteiger partial charge in [-0.1, -0.05) is 6.92 Å². The topological polar surface area (TPSA) is 12.9 Å². The third kappa shape index (κ3) is 2.48. The average molecular weight is 230 g/mol. The molecule has 1 aromatic rings.